The van der Waals surface area contributed by atoms with E-state index in [0.717, 1.165) is 13.0 Å². The number of halogens is 1. The number of carbonyl (C=O) groups is 1. The van der Waals surface area contributed by atoms with Gasteiger partial charge in [0.15, 0.2) is 0 Å². The first-order chi connectivity index (χ1) is 9.20. The van der Waals surface area contributed by atoms with E-state index in [1.165, 1.54) is 12.4 Å². The Labute approximate surface area is 115 Å². The average Bonchev–Trinajstić information content (AvgIpc) is 2.90. The second-order valence-corrected chi connectivity index (χ2v) is 4.33. The van der Waals surface area contributed by atoms with E-state index in [1.807, 2.05) is 6.92 Å². The van der Waals surface area contributed by atoms with Gasteiger partial charge in [-0.3, -0.25) is 9.89 Å². The van der Waals surface area contributed by atoms with Gasteiger partial charge in [-0.15, -0.1) is 0 Å². The van der Waals surface area contributed by atoms with Crippen molar-refractivity contribution >= 4 is 29.0 Å². The molecule has 0 atom stereocenters. The Bertz CT molecular complexity index is 555. The molecule has 0 aliphatic heterocycles. The molecule has 0 spiro atoms. The van der Waals surface area contributed by atoms with Crippen molar-refractivity contribution < 1.29 is 4.79 Å². The van der Waals surface area contributed by atoms with Gasteiger partial charge in [-0.05, 0) is 12.5 Å². The maximum Gasteiger partial charge on any atom is 0.257 e. The van der Waals surface area contributed by atoms with Gasteiger partial charge in [0.1, 0.15) is 5.82 Å². The maximum atomic E-state index is 11.9. The minimum Gasteiger partial charge on any atom is -0.369 e. The fourth-order valence-electron chi connectivity index (χ4n) is 1.46. The maximum absolute atomic E-state index is 11.9. The van der Waals surface area contributed by atoms with Crippen LogP contribution in [-0.4, -0.2) is 27.6 Å². The van der Waals surface area contributed by atoms with Crippen LogP contribution in [0.1, 0.15) is 23.7 Å². The lowest BCUT2D eigenvalue weighted by Gasteiger charge is -2.07. The molecule has 100 valence electrons. The molecule has 6 nitrogen and oxygen atoms in total. The molecule has 2 aromatic heterocycles. The van der Waals surface area contributed by atoms with Crippen molar-refractivity contribution in [3.63, 3.8) is 0 Å². The number of H-pyrrole nitrogens is 1. The molecule has 0 aliphatic rings. The minimum absolute atomic E-state index is 0.280. The Morgan fingerprint density at radius 1 is 1.47 bits per heavy atom. The van der Waals surface area contributed by atoms with Crippen LogP contribution in [0, 0.1) is 0 Å². The lowest BCUT2D eigenvalue weighted by molar-refractivity contribution is 0.102. The summed E-state index contributed by atoms with van der Waals surface area (Å²) in [5.74, 6) is 0.307. The summed E-state index contributed by atoms with van der Waals surface area (Å²) < 4.78 is 0. The number of aromatic nitrogens is 3. The molecule has 0 saturated carbocycles. The number of anilines is 2. The summed E-state index contributed by atoms with van der Waals surface area (Å²) >= 11 is 6.07. The van der Waals surface area contributed by atoms with Gasteiger partial charge in [0.05, 0.1) is 22.5 Å². The van der Waals surface area contributed by atoms with E-state index in [9.17, 15) is 4.79 Å². The molecule has 0 unspecified atom stereocenters. The lowest BCUT2D eigenvalue weighted by atomic mass is 10.2. The van der Waals surface area contributed by atoms with Gasteiger partial charge in [-0.1, -0.05) is 18.5 Å². The van der Waals surface area contributed by atoms with Gasteiger partial charge < -0.3 is 10.6 Å². The molecule has 2 heterocycles. The smallest absolute Gasteiger partial charge is 0.257 e. The Balaban J connectivity index is 2.08. The van der Waals surface area contributed by atoms with Crippen LogP contribution in [0.5, 0.6) is 0 Å². The molecule has 0 saturated heterocycles. The summed E-state index contributed by atoms with van der Waals surface area (Å²) in [6, 6.07) is 1.59. The van der Waals surface area contributed by atoms with Crippen LogP contribution in [-0.2, 0) is 0 Å². The molecule has 0 bridgehead atoms. The van der Waals surface area contributed by atoms with E-state index < -0.39 is 0 Å². The average molecular weight is 280 g/mol. The zero-order chi connectivity index (χ0) is 13.7. The summed E-state index contributed by atoms with van der Waals surface area (Å²) in [7, 11) is 0. The summed E-state index contributed by atoms with van der Waals surface area (Å²) in [6.45, 7) is 2.83. The molecule has 0 radical (unpaired) electrons. The van der Waals surface area contributed by atoms with Crippen molar-refractivity contribution in [3.05, 3.63) is 35.2 Å². The highest BCUT2D eigenvalue weighted by atomic mass is 35.5. The van der Waals surface area contributed by atoms with Crippen LogP contribution in [0.15, 0.2) is 24.7 Å². The number of amides is 1. The molecular formula is C12H14ClN5O. The minimum atomic E-state index is -0.280. The number of carbonyl (C=O) groups excluding carboxylic acids is 1. The number of rotatable bonds is 5. The molecule has 2 aromatic rings. The predicted octanol–water partition coefficient (Wildman–Crippen LogP) is 2.53. The lowest BCUT2D eigenvalue weighted by Crippen LogP contribution is -2.12. The molecule has 0 aromatic carbocycles. The molecule has 2 rings (SSSR count). The normalized spacial score (nSPS) is 10.2. The number of hydrogen-bond acceptors (Lipinski definition) is 4. The van der Waals surface area contributed by atoms with Crippen LogP contribution < -0.4 is 10.6 Å². The van der Waals surface area contributed by atoms with Gasteiger partial charge >= 0.3 is 0 Å². The first-order valence-corrected chi connectivity index (χ1v) is 6.28. The Kier molecular flexibility index (Phi) is 4.35. The first-order valence-electron chi connectivity index (χ1n) is 5.90. The third-order valence-electron chi connectivity index (χ3n) is 2.40. The van der Waals surface area contributed by atoms with Crippen molar-refractivity contribution in [3.8, 4) is 0 Å². The van der Waals surface area contributed by atoms with Crippen LogP contribution in [0.25, 0.3) is 0 Å². The third-order valence-corrected chi connectivity index (χ3v) is 2.69. The van der Waals surface area contributed by atoms with Crippen molar-refractivity contribution in [1.29, 1.82) is 0 Å². The van der Waals surface area contributed by atoms with Gasteiger partial charge in [-0.2, -0.15) is 5.10 Å². The number of nitrogens with zero attached hydrogens (tertiary/aromatic N) is 2. The fraction of sp³-hybridized carbons (Fsp3) is 0.250. The van der Waals surface area contributed by atoms with E-state index in [1.54, 1.807) is 12.3 Å². The quantitative estimate of drug-likeness (QED) is 0.785. The SMILES string of the molecule is CCCNc1ncc(C(=O)Nc2cn[nH]c2)cc1Cl. The highest BCUT2D eigenvalue weighted by Crippen LogP contribution is 2.20. The molecule has 3 N–H and O–H groups in total. The van der Waals surface area contributed by atoms with Gasteiger partial charge in [0, 0.05) is 18.9 Å². The number of hydrogen-bond donors (Lipinski definition) is 3. The van der Waals surface area contributed by atoms with Crippen molar-refractivity contribution in [2.45, 2.75) is 13.3 Å². The summed E-state index contributed by atoms with van der Waals surface area (Å²) in [4.78, 5) is 16.1. The van der Waals surface area contributed by atoms with Crippen molar-refractivity contribution in [1.82, 2.24) is 15.2 Å². The van der Waals surface area contributed by atoms with E-state index in [4.69, 9.17) is 11.6 Å². The van der Waals surface area contributed by atoms with E-state index in [0.29, 0.717) is 22.1 Å². The van der Waals surface area contributed by atoms with Crippen LogP contribution in [0.4, 0.5) is 11.5 Å². The Morgan fingerprint density at radius 3 is 2.95 bits per heavy atom. The summed E-state index contributed by atoms with van der Waals surface area (Å²) in [5, 5.41) is 12.5. The monoisotopic (exact) mass is 279 g/mol. The topological polar surface area (TPSA) is 82.7 Å². The van der Waals surface area contributed by atoms with Crippen molar-refractivity contribution in [2.75, 3.05) is 17.2 Å². The van der Waals surface area contributed by atoms with Gasteiger partial charge in [0.2, 0.25) is 0 Å². The predicted molar refractivity (Wildman–Crippen MR) is 74.6 cm³/mol. The zero-order valence-electron chi connectivity index (χ0n) is 10.4. The van der Waals surface area contributed by atoms with E-state index in [-0.39, 0.29) is 5.91 Å². The molecule has 19 heavy (non-hydrogen) atoms. The van der Waals surface area contributed by atoms with E-state index >= 15 is 0 Å². The molecular weight excluding hydrogens is 266 g/mol. The Hall–Kier alpha value is -2.08. The van der Waals surface area contributed by atoms with Gasteiger partial charge in [0.25, 0.3) is 5.91 Å². The molecule has 1 amide bonds. The highest BCUT2D eigenvalue weighted by molar-refractivity contribution is 6.33. The first kappa shape index (κ1) is 13.4. The zero-order valence-corrected chi connectivity index (χ0v) is 11.2. The van der Waals surface area contributed by atoms with E-state index in [2.05, 4.69) is 25.8 Å². The second kappa shape index (κ2) is 6.19. The summed E-state index contributed by atoms with van der Waals surface area (Å²) in [6.07, 6.45) is 5.56. The number of pyridine rings is 1. The second-order valence-electron chi connectivity index (χ2n) is 3.92. The van der Waals surface area contributed by atoms with Crippen LogP contribution in [0.3, 0.4) is 0 Å². The molecule has 0 aliphatic carbocycles. The van der Waals surface area contributed by atoms with Crippen molar-refractivity contribution in [2.24, 2.45) is 0 Å². The van der Waals surface area contributed by atoms with Crippen LogP contribution in [0.2, 0.25) is 5.02 Å². The standard InChI is InChI=1S/C12H14ClN5O/c1-2-3-14-11-10(13)4-8(5-15-11)12(19)18-9-6-16-17-7-9/h4-7H,2-3H2,1H3,(H,14,15)(H,16,17)(H,18,19). The molecule has 0 fully saturated rings. The highest BCUT2D eigenvalue weighted by Gasteiger charge is 2.10. The van der Waals surface area contributed by atoms with Gasteiger partial charge in [-0.25, -0.2) is 4.98 Å². The summed E-state index contributed by atoms with van der Waals surface area (Å²) in [5.41, 5.74) is 0.988. The largest absolute Gasteiger partial charge is 0.369 e. The van der Waals surface area contributed by atoms with Crippen LogP contribution >= 0.6 is 11.6 Å². The number of aromatic amines is 1. The Morgan fingerprint density at radius 2 is 2.32 bits per heavy atom. The molecule has 7 heteroatoms. The number of nitrogens with one attached hydrogen (secondary N) is 3. The third kappa shape index (κ3) is 3.45. The fourth-order valence-corrected chi connectivity index (χ4v) is 1.69.